The smallest absolute Gasteiger partial charge is 0.242 e. The van der Waals surface area contributed by atoms with Crippen molar-refractivity contribution in [2.75, 3.05) is 20.1 Å². The molecule has 0 spiro atoms. The van der Waals surface area contributed by atoms with Crippen LogP contribution >= 0.6 is 0 Å². The number of rotatable bonds is 2. The lowest BCUT2D eigenvalue weighted by Crippen LogP contribution is -2.54. The summed E-state index contributed by atoms with van der Waals surface area (Å²) in [7, 11) is 1.60. The summed E-state index contributed by atoms with van der Waals surface area (Å²) in [6.45, 7) is 1.04. The number of hydrogen-bond acceptors (Lipinski definition) is 3. The van der Waals surface area contributed by atoms with Gasteiger partial charge in [-0.3, -0.25) is 14.4 Å². The van der Waals surface area contributed by atoms with Crippen LogP contribution in [0.3, 0.4) is 0 Å². The van der Waals surface area contributed by atoms with Crippen LogP contribution in [0.4, 0.5) is 0 Å². The molecule has 2 unspecified atom stereocenters. The van der Waals surface area contributed by atoms with Gasteiger partial charge in [0.25, 0.3) is 0 Å². The highest BCUT2D eigenvalue weighted by Gasteiger charge is 2.36. The van der Waals surface area contributed by atoms with E-state index in [1.54, 1.807) is 11.9 Å². The molecule has 0 aromatic heterocycles. The normalized spacial score (nSPS) is 27.6. The Bertz CT molecular complexity index is 373. The first kappa shape index (κ1) is 13.8. The summed E-state index contributed by atoms with van der Waals surface area (Å²) < 4.78 is 0. The Morgan fingerprint density at radius 2 is 2.11 bits per heavy atom. The summed E-state index contributed by atoms with van der Waals surface area (Å²) in [6.07, 6.45) is 3.63. The number of piperidine rings is 2. The van der Waals surface area contributed by atoms with E-state index < -0.39 is 0 Å². The molecule has 2 heterocycles. The van der Waals surface area contributed by atoms with Crippen LogP contribution in [0, 0.1) is 5.92 Å². The summed E-state index contributed by atoms with van der Waals surface area (Å²) in [4.78, 5) is 37.2. The zero-order valence-electron chi connectivity index (χ0n) is 11.3. The van der Waals surface area contributed by atoms with Gasteiger partial charge >= 0.3 is 0 Å². The molecule has 106 valence electrons. The maximum atomic E-state index is 12.5. The molecule has 2 fully saturated rings. The number of likely N-dealkylation sites (N-methyl/N-ethyl adjacent to an activating group) is 1. The Labute approximate surface area is 112 Å². The minimum absolute atomic E-state index is 0.00513. The van der Waals surface area contributed by atoms with E-state index in [0.717, 1.165) is 19.3 Å². The van der Waals surface area contributed by atoms with Crippen LogP contribution in [0.25, 0.3) is 0 Å². The number of hydrogen-bond donors (Lipinski definition) is 2. The summed E-state index contributed by atoms with van der Waals surface area (Å²) in [6, 6.07) is -0.344. The first-order chi connectivity index (χ1) is 9.13. The van der Waals surface area contributed by atoms with Crippen molar-refractivity contribution in [2.24, 2.45) is 5.92 Å². The van der Waals surface area contributed by atoms with E-state index in [0.29, 0.717) is 25.9 Å². The molecule has 0 bridgehead atoms. The Morgan fingerprint density at radius 1 is 1.32 bits per heavy atom. The molecule has 0 aromatic carbocycles. The maximum absolute atomic E-state index is 12.5. The summed E-state index contributed by atoms with van der Waals surface area (Å²) >= 11 is 0. The molecule has 2 N–H and O–H groups in total. The molecule has 0 saturated carbocycles. The number of nitrogens with zero attached hydrogens (tertiary/aromatic N) is 1. The van der Waals surface area contributed by atoms with Crippen molar-refractivity contribution in [3.05, 3.63) is 0 Å². The van der Waals surface area contributed by atoms with Crippen LogP contribution in [-0.2, 0) is 14.4 Å². The molecule has 6 nitrogen and oxygen atoms in total. The zero-order chi connectivity index (χ0) is 13.8. The average molecular weight is 267 g/mol. The molecule has 19 heavy (non-hydrogen) atoms. The highest BCUT2D eigenvalue weighted by molar-refractivity contribution is 5.89. The van der Waals surface area contributed by atoms with E-state index in [4.69, 9.17) is 0 Å². The van der Waals surface area contributed by atoms with E-state index in [-0.39, 0.29) is 29.7 Å². The third-order valence-corrected chi connectivity index (χ3v) is 3.95. The van der Waals surface area contributed by atoms with Crippen molar-refractivity contribution in [1.82, 2.24) is 15.5 Å². The van der Waals surface area contributed by atoms with E-state index in [1.165, 1.54) is 0 Å². The van der Waals surface area contributed by atoms with Gasteiger partial charge in [0.2, 0.25) is 17.7 Å². The minimum atomic E-state index is -0.344. The van der Waals surface area contributed by atoms with Gasteiger partial charge in [-0.2, -0.15) is 0 Å². The first-order valence-electron chi connectivity index (χ1n) is 6.92. The van der Waals surface area contributed by atoms with E-state index in [9.17, 15) is 14.4 Å². The van der Waals surface area contributed by atoms with Gasteiger partial charge in [0.15, 0.2) is 0 Å². The van der Waals surface area contributed by atoms with Crippen molar-refractivity contribution in [3.63, 3.8) is 0 Å². The lowest BCUT2D eigenvalue weighted by Gasteiger charge is -2.37. The molecular weight excluding hydrogens is 246 g/mol. The van der Waals surface area contributed by atoms with Crippen LogP contribution in [0.2, 0.25) is 0 Å². The van der Waals surface area contributed by atoms with Crippen molar-refractivity contribution < 1.29 is 14.4 Å². The summed E-state index contributed by atoms with van der Waals surface area (Å²) in [5.41, 5.74) is 0. The van der Waals surface area contributed by atoms with Crippen molar-refractivity contribution in [1.29, 1.82) is 0 Å². The molecule has 2 atom stereocenters. The molecule has 0 aromatic rings. The average Bonchev–Trinajstić information content (AvgIpc) is 2.46. The highest BCUT2D eigenvalue weighted by Crippen LogP contribution is 2.22. The lowest BCUT2D eigenvalue weighted by molar-refractivity contribution is -0.146. The highest BCUT2D eigenvalue weighted by atomic mass is 16.2. The molecule has 0 aliphatic carbocycles. The molecule has 2 rings (SSSR count). The zero-order valence-corrected chi connectivity index (χ0v) is 11.3. The second-order valence-corrected chi connectivity index (χ2v) is 5.20. The van der Waals surface area contributed by atoms with Crippen LogP contribution in [0.15, 0.2) is 0 Å². The molecule has 3 amide bonds. The fraction of sp³-hybridized carbons (Fsp3) is 0.769. The second kappa shape index (κ2) is 6.04. The van der Waals surface area contributed by atoms with Gasteiger partial charge in [-0.1, -0.05) is 0 Å². The fourth-order valence-electron chi connectivity index (χ4n) is 2.81. The number of likely N-dealkylation sites (tertiary alicyclic amines) is 1. The van der Waals surface area contributed by atoms with Crippen LogP contribution < -0.4 is 10.6 Å². The van der Waals surface area contributed by atoms with Crippen molar-refractivity contribution in [2.45, 2.75) is 38.1 Å². The van der Waals surface area contributed by atoms with Gasteiger partial charge in [-0.25, -0.2) is 0 Å². The topological polar surface area (TPSA) is 78.5 Å². The summed E-state index contributed by atoms with van der Waals surface area (Å²) in [5, 5.41) is 5.35. The standard InChI is InChI=1S/C13H21N3O3/c1-14-12(18)10-4-2-3-7-16(10)13(19)9-5-6-11(17)15-8-9/h9-10H,2-8H2,1H3,(H,14,18)(H,15,17). The predicted octanol–water partition coefficient (Wildman–Crippen LogP) is -0.360. The van der Waals surface area contributed by atoms with E-state index in [1.807, 2.05) is 0 Å². The Kier molecular flexibility index (Phi) is 4.39. The number of nitrogens with one attached hydrogen (secondary N) is 2. The Balaban J connectivity index is 2.03. The van der Waals surface area contributed by atoms with Gasteiger partial charge in [0.05, 0.1) is 5.92 Å². The number of carbonyl (C=O) groups excluding carboxylic acids is 3. The second-order valence-electron chi connectivity index (χ2n) is 5.20. The monoisotopic (exact) mass is 267 g/mol. The Morgan fingerprint density at radius 3 is 2.74 bits per heavy atom. The predicted molar refractivity (Wildman–Crippen MR) is 69.2 cm³/mol. The quantitative estimate of drug-likeness (QED) is 0.717. The van der Waals surface area contributed by atoms with Crippen molar-refractivity contribution in [3.8, 4) is 0 Å². The lowest BCUT2D eigenvalue weighted by atomic mass is 9.94. The van der Waals surface area contributed by atoms with Gasteiger partial charge < -0.3 is 15.5 Å². The van der Waals surface area contributed by atoms with Gasteiger partial charge in [-0.05, 0) is 25.7 Å². The third-order valence-electron chi connectivity index (χ3n) is 3.95. The first-order valence-corrected chi connectivity index (χ1v) is 6.92. The number of amides is 3. The molecular formula is C13H21N3O3. The maximum Gasteiger partial charge on any atom is 0.242 e. The minimum Gasteiger partial charge on any atom is -0.357 e. The van der Waals surface area contributed by atoms with Gasteiger partial charge in [0.1, 0.15) is 6.04 Å². The van der Waals surface area contributed by atoms with Crippen molar-refractivity contribution >= 4 is 17.7 Å². The number of carbonyl (C=O) groups is 3. The molecule has 2 saturated heterocycles. The Hall–Kier alpha value is -1.59. The molecule has 2 aliphatic heterocycles. The SMILES string of the molecule is CNC(=O)C1CCCCN1C(=O)C1CCC(=O)NC1. The van der Waals surface area contributed by atoms with Crippen LogP contribution in [0.1, 0.15) is 32.1 Å². The third kappa shape index (κ3) is 3.05. The molecule has 2 aliphatic rings. The van der Waals surface area contributed by atoms with Crippen LogP contribution in [0.5, 0.6) is 0 Å². The fourth-order valence-corrected chi connectivity index (χ4v) is 2.81. The van der Waals surface area contributed by atoms with Crippen LogP contribution in [-0.4, -0.2) is 48.8 Å². The molecule has 6 heteroatoms. The molecule has 0 radical (unpaired) electrons. The van der Waals surface area contributed by atoms with Gasteiger partial charge in [0, 0.05) is 26.6 Å². The van der Waals surface area contributed by atoms with E-state index in [2.05, 4.69) is 10.6 Å². The summed E-state index contributed by atoms with van der Waals surface area (Å²) in [5.74, 6) is -0.255. The van der Waals surface area contributed by atoms with E-state index >= 15 is 0 Å². The van der Waals surface area contributed by atoms with Gasteiger partial charge in [-0.15, -0.1) is 0 Å². The largest absolute Gasteiger partial charge is 0.357 e.